The molecule has 0 radical (unpaired) electrons. The Bertz CT molecular complexity index is 854. The highest BCUT2D eigenvalue weighted by Crippen LogP contribution is 2.37. The Morgan fingerprint density at radius 2 is 1.80 bits per heavy atom. The summed E-state index contributed by atoms with van der Waals surface area (Å²) >= 11 is 0. The minimum absolute atomic E-state index is 0.0669. The Kier molecular flexibility index (Phi) is 5.45. The first kappa shape index (κ1) is 17.2. The van der Waals surface area contributed by atoms with Gasteiger partial charge in [0, 0.05) is 6.21 Å². The molecular formula is C24H25N. The molecule has 2 aliphatic rings. The van der Waals surface area contributed by atoms with Crippen LogP contribution in [0.5, 0.6) is 0 Å². The van der Waals surface area contributed by atoms with Crippen LogP contribution in [0.1, 0.15) is 38.3 Å². The largest absolute Gasteiger partial charge is 0.281 e. The van der Waals surface area contributed by atoms with Crippen molar-refractivity contribution in [2.24, 2.45) is 4.99 Å². The molecule has 1 atom stereocenters. The van der Waals surface area contributed by atoms with Crippen LogP contribution in [-0.4, -0.2) is 12.3 Å². The van der Waals surface area contributed by atoms with Crippen LogP contribution in [0.3, 0.4) is 0 Å². The standard InChI is InChI=1S/C24H25N/c1-4-18-11-7-8-12-19(5-2)24-21(6-3)23(25-17-18)16-15-20-13-9-10-14-22(20)24/h4-5,7-17,23H,6H2,1-3H3/b11-7-,12-8-,18-4-,19-5+,25-17-. The van der Waals surface area contributed by atoms with Crippen molar-refractivity contribution < 1.29 is 0 Å². The van der Waals surface area contributed by atoms with Gasteiger partial charge >= 0.3 is 0 Å². The summed E-state index contributed by atoms with van der Waals surface area (Å²) in [6.45, 7) is 6.39. The Labute approximate surface area is 151 Å². The summed E-state index contributed by atoms with van der Waals surface area (Å²) in [5, 5.41) is 0. The summed E-state index contributed by atoms with van der Waals surface area (Å²) in [4.78, 5) is 4.92. The van der Waals surface area contributed by atoms with Crippen LogP contribution < -0.4 is 0 Å². The average molecular weight is 327 g/mol. The van der Waals surface area contributed by atoms with Gasteiger partial charge in [-0.3, -0.25) is 4.99 Å². The van der Waals surface area contributed by atoms with Crippen LogP contribution >= 0.6 is 0 Å². The normalized spacial score (nSPS) is 26.8. The third kappa shape index (κ3) is 3.56. The third-order valence-corrected chi connectivity index (χ3v) is 4.74. The number of hydrogen-bond donors (Lipinski definition) is 0. The number of hydrogen-bond acceptors (Lipinski definition) is 1. The molecule has 3 rings (SSSR count). The van der Waals surface area contributed by atoms with Crippen molar-refractivity contribution in [1.82, 2.24) is 0 Å². The van der Waals surface area contributed by atoms with Gasteiger partial charge in [0.1, 0.15) is 0 Å². The lowest BCUT2D eigenvalue weighted by molar-refractivity contribution is 0.896. The molecule has 25 heavy (non-hydrogen) atoms. The van der Waals surface area contributed by atoms with Crippen LogP contribution in [0.25, 0.3) is 11.6 Å². The van der Waals surface area contributed by atoms with E-state index in [-0.39, 0.29) is 6.04 Å². The average Bonchev–Trinajstić information content (AvgIpc) is 2.82. The van der Waals surface area contributed by atoms with Crippen molar-refractivity contribution in [2.45, 2.75) is 33.2 Å². The Morgan fingerprint density at radius 3 is 2.56 bits per heavy atom. The summed E-state index contributed by atoms with van der Waals surface area (Å²) < 4.78 is 0. The zero-order valence-electron chi connectivity index (χ0n) is 15.2. The van der Waals surface area contributed by atoms with E-state index in [1.165, 1.54) is 27.8 Å². The molecule has 0 aromatic heterocycles. The second kappa shape index (κ2) is 7.94. The quantitative estimate of drug-likeness (QED) is 0.571. The zero-order valence-corrected chi connectivity index (χ0v) is 15.2. The SMILES string of the molecule is C/C=C1/C=C\C=C/C(=C\C)C2=C(CC)C(C=Cc3ccccc32)\N=C/1. The minimum atomic E-state index is 0.0669. The van der Waals surface area contributed by atoms with Gasteiger partial charge in [-0.25, -0.2) is 0 Å². The van der Waals surface area contributed by atoms with E-state index in [0.29, 0.717) is 0 Å². The fourth-order valence-electron chi connectivity index (χ4n) is 3.40. The summed E-state index contributed by atoms with van der Waals surface area (Å²) in [6.07, 6.45) is 20.2. The molecule has 1 aliphatic carbocycles. The topological polar surface area (TPSA) is 12.4 Å². The summed E-state index contributed by atoms with van der Waals surface area (Å²) in [7, 11) is 0. The van der Waals surface area contributed by atoms with Gasteiger partial charge in [-0.05, 0) is 53.7 Å². The van der Waals surface area contributed by atoms with Crippen molar-refractivity contribution in [3.05, 3.63) is 94.6 Å². The molecule has 0 saturated heterocycles. The number of benzene rings is 1. The third-order valence-electron chi connectivity index (χ3n) is 4.74. The van der Waals surface area contributed by atoms with Crippen molar-refractivity contribution in [2.75, 3.05) is 0 Å². The Morgan fingerprint density at radius 1 is 1.00 bits per heavy atom. The van der Waals surface area contributed by atoms with Crippen molar-refractivity contribution in [3.8, 4) is 0 Å². The Hall–Kier alpha value is -2.67. The van der Waals surface area contributed by atoms with E-state index in [9.17, 15) is 0 Å². The van der Waals surface area contributed by atoms with Gasteiger partial charge in [-0.15, -0.1) is 0 Å². The second-order valence-corrected chi connectivity index (χ2v) is 6.17. The van der Waals surface area contributed by atoms with Crippen molar-refractivity contribution >= 4 is 17.9 Å². The molecule has 1 heteroatoms. The van der Waals surface area contributed by atoms with Crippen LogP contribution in [0, 0.1) is 0 Å². The van der Waals surface area contributed by atoms with Gasteiger partial charge in [-0.1, -0.05) is 79.8 Å². The monoisotopic (exact) mass is 327 g/mol. The van der Waals surface area contributed by atoms with Gasteiger partial charge < -0.3 is 0 Å². The van der Waals surface area contributed by atoms with E-state index < -0.39 is 0 Å². The molecule has 0 saturated carbocycles. The lowest BCUT2D eigenvalue weighted by atomic mass is 9.87. The van der Waals surface area contributed by atoms with Gasteiger partial charge in [0.15, 0.2) is 0 Å². The summed E-state index contributed by atoms with van der Waals surface area (Å²) in [5.74, 6) is 0. The fraction of sp³-hybridized carbons (Fsp3) is 0.208. The lowest BCUT2D eigenvalue weighted by Gasteiger charge is -2.19. The first-order valence-electron chi connectivity index (χ1n) is 9.00. The maximum absolute atomic E-state index is 4.92. The van der Waals surface area contributed by atoms with Gasteiger partial charge in [0.25, 0.3) is 0 Å². The Balaban J connectivity index is 2.32. The van der Waals surface area contributed by atoms with E-state index in [1.54, 1.807) is 0 Å². The smallest absolute Gasteiger partial charge is 0.0902 e. The number of aliphatic imine (C=N–C) groups is 1. The molecule has 0 amide bonds. The number of fused-ring (bicyclic) bond motifs is 3. The van der Waals surface area contributed by atoms with E-state index in [2.05, 4.69) is 86.7 Å². The van der Waals surface area contributed by atoms with Gasteiger partial charge in [-0.2, -0.15) is 0 Å². The van der Waals surface area contributed by atoms with E-state index in [4.69, 9.17) is 4.99 Å². The predicted molar refractivity (Wildman–Crippen MR) is 111 cm³/mol. The van der Waals surface area contributed by atoms with Crippen molar-refractivity contribution in [1.29, 1.82) is 0 Å². The zero-order chi connectivity index (χ0) is 17.6. The first-order valence-corrected chi connectivity index (χ1v) is 9.00. The van der Waals surface area contributed by atoms with Gasteiger partial charge in [0.2, 0.25) is 0 Å². The number of allylic oxidation sites excluding steroid dienone is 9. The maximum Gasteiger partial charge on any atom is 0.0902 e. The first-order chi connectivity index (χ1) is 12.3. The molecule has 1 nitrogen and oxygen atoms in total. The molecule has 1 heterocycles. The molecule has 1 aliphatic heterocycles. The molecule has 1 unspecified atom stereocenters. The highest BCUT2D eigenvalue weighted by atomic mass is 14.8. The molecule has 1 aromatic carbocycles. The molecule has 2 bridgehead atoms. The minimum Gasteiger partial charge on any atom is -0.281 e. The molecule has 0 spiro atoms. The van der Waals surface area contributed by atoms with E-state index in [0.717, 1.165) is 12.0 Å². The van der Waals surface area contributed by atoms with Gasteiger partial charge in [0.05, 0.1) is 6.04 Å². The molecule has 0 fully saturated rings. The maximum atomic E-state index is 4.92. The molecule has 126 valence electrons. The van der Waals surface area contributed by atoms with E-state index >= 15 is 0 Å². The molecular weight excluding hydrogens is 302 g/mol. The van der Waals surface area contributed by atoms with Crippen LogP contribution in [0.15, 0.2) is 88.5 Å². The molecule has 1 aromatic rings. The van der Waals surface area contributed by atoms with Crippen LogP contribution in [0.2, 0.25) is 0 Å². The fourth-order valence-corrected chi connectivity index (χ4v) is 3.40. The summed E-state index contributed by atoms with van der Waals surface area (Å²) in [6, 6.07) is 8.70. The van der Waals surface area contributed by atoms with Crippen molar-refractivity contribution in [3.63, 3.8) is 0 Å². The molecule has 0 N–H and O–H groups in total. The van der Waals surface area contributed by atoms with E-state index in [1.807, 2.05) is 13.1 Å². The highest BCUT2D eigenvalue weighted by Gasteiger charge is 2.21. The highest BCUT2D eigenvalue weighted by molar-refractivity contribution is 5.91. The second-order valence-electron chi connectivity index (χ2n) is 6.17. The van der Waals surface area contributed by atoms with Crippen LogP contribution in [-0.2, 0) is 0 Å². The number of rotatable bonds is 1. The predicted octanol–water partition coefficient (Wildman–Crippen LogP) is 6.34. The lowest BCUT2D eigenvalue weighted by Crippen LogP contribution is -2.08. The van der Waals surface area contributed by atoms with Crippen LogP contribution in [0.4, 0.5) is 0 Å². The number of nitrogens with zero attached hydrogens (tertiary/aromatic N) is 1. The summed E-state index contributed by atoms with van der Waals surface area (Å²) in [5.41, 5.74) is 7.62.